The fraction of sp³-hybridized carbons (Fsp3) is 0.227. The molecule has 3 aromatic rings. The van der Waals surface area contributed by atoms with Crippen molar-refractivity contribution in [3.8, 4) is 17.6 Å². The molecule has 0 aliphatic carbocycles. The van der Waals surface area contributed by atoms with Gasteiger partial charge in [-0.2, -0.15) is 5.26 Å². The van der Waals surface area contributed by atoms with Gasteiger partial charge in [-0.15, -0.1) is 0 Å². The van der Waals surface area contributed by atoms with Crippen molar-refractivity contribution in [2.45, 2.75) is 13.8 Å². The Bertz CT molecular complexity index is 1120. The number of hydrogen-bond acceptors (Lipinski definition) is 5. The van der Waals surface area contributed by atoms with E-state index in [1.165, 1.54) is 0 Å². The van der Waals surface area contributed by atoms with Crippen molar-refractivity contribution < 1.29 is 9.47 Å². The summed E-state index contributed by atoms with van der Waals surface area (Å²) in [4.78, 5) is 19.4. The predicted molar refractivity (Wildman–Crippen MR) is 109 cm³/mol. The number of nitrogens with zero attached hydrogens (tertiary/aromatic N) is 2. The zero-order valence-corrected chi connectivity index (χ0v) is 16.0. The van der Waals surface area contributed by atoms with Crippen LogP contribution in [-0.4, -0.2) is 23.7 Å². The van der Waals surface area contributed by atoms with Crippen LogP contribution in [0, 0.1) is 17.2 Å². The number of para-hydroxylation sites is 1. The smallest absolute Gasteiger partial charge is 0.259 e. The lowest BCUT2D eigenvalue weighted by atomic mass is 10.1. The molecule has 142 valence electrons. The Morgan fingerprint density at radius 2 is 2.04 bits per heavy atom. The minimum atomic E-state index is -0.281. The van der Waals surface area contributed by atoms with Gasteiger partial charge in [0.1, 0.15) is 6.07 Å². The van der Waals surface area contributed by atoms with Gasteiger partial charge in [-0.1, -0.05) is 32.0 Å². The van der Waals surface area contributed by atoms with Gasteiger partial charge >= 0.3 is 0 Å². The standard InChI is InChI=1S/C22H21N3O3/c1-14(2)13-28-19-9-8-15(11-20(19)27-3)10-16(12-23)21-24-18-7-5-4-6-17(18)22(26)25-21/h4-11,14H,13H2,1-3H3,(H,24,25,26)/b16-10+. The summed E-state index contributed by atoms with van der Waals surface area (Å²) in [5.41, 5.74) is 1.25. The van der Waals surface area contributed by atoms with Crippen molar-refractivity contribution in [1.29, 1.82) is 5.26 Å². The Labute approximate surface area is 163 Å². The van der Waals surface area contributed by atoms with Gasteiger partial charge in [0.05, 0.1) is 30.2 Å². The van der Waals surface area contributed by atoms with Crippen molar-refractivity contribution in [3.05, 3.63) is 64.2 Å². The molecule has 6 nitrogen and oxygen atoms in total. The van der Waals surface area contributed by atoms with Crippen molar-refractivity contribution >= 4 is 22.6 Å². The van der Waals surface area contributed by atoms with Crippen LogP contribution >= 0.6 is 0 Å². The van der Waals surface area contributed by atoms with Crippen LogP contribution in [-0.2, 0) is 0 Å². The second-order valence-corrected chi connectivity index (χ2v) is 6.72. The van der Waals surface area contributed by atoms with Gasteiger partial charge in [0.25, 0.3) is 5.56 Å². The topological polar surface area (TPSA) is 88.0 Å². The van der Waals surface area contributed by atoms with Crippen molar-refractivity contribution in [2.75, 3.05) is 13.7 Å². The molecule has 0 amide bonds. The molecule has 0 aliphatic rings. The number of allylic oxidation sites excluding steroid dienone is 1. The van der Waals surface area contributed by atoms with Crippen LogP contribution in [0.3, 0.4) is 0 Å². The predicted octanol–water partition coefficient (Wildman–Crippen LogP) is 4.03. The molecule has 0 saturated heterocycles. The minimum Gasteiger partial charge on any atom is -0.493 e. The Hall–Kier alpha value is -3.59. The van der Waals surface area contributed by atoms with E-state index >= 15 is 0 Å². The van der Waals surface area contributed by atoms with E-state index in [-0.39, 0.29) is 17.0 Å². The molecule has 2 aromatic carbocycles. The zero-order chi connectivity index (χ0) is 20.1. The third-order valence-corrected chi connectivity index (χ3v) is 4.06. The zero-order valence-electron chi connectivity index (χ0n) is 16.0. The van der Waals surface area contributed by atoms with Crippen LogP contribution in [0.25, 0.3) is 22.6 Å². The third-order valence-electron chi connectivity index (χ3n) is 4.06. The molecule has 1 aromatic heterocycles. The number of nitrogens with one attached hydrogen (secondary N) is 1. The Morgan fingerprint density at radius 3 is 2.75 bits per heavy atom. The summed E-state index contributed by atoms with van der Waals surface area (Å²) >= 11 is 0. The first kappa shape index (κ1) is 19.2. The number of fused-ring (bicyclic) bond motifs is 1. The highest BCUT2D eigenvalue weighted by molar-refractivity contribution is 5.89. The summed E-state index contributed by atoms with van der Waals surface area (Å²) in [5, 5.41) is 10.1. The molecule has 0 atom stereocenters. The second kappa shape index (κ2) is 8.40. The lowest BCUT2D eigenvalue weighted by Gasteiger charge is -2.13. The third kappa shape index (κ3) is 4.21. The quantitative estimate of drug-likeness (QED) is 0.657. The van der Waals surface area contributed by atoms with Gasteiger partial charge in [0.2, 0.25) is 0 Å². The van der Waals surface area contributed by atoms with Crippen molar-refractivity contribution in [1.82, 2.24) is 9.97 Å². The summed E-state index contributed by atoms with van der Waals surface area (Å²) in [7, 11) is 1.57. The van der Waals surface area contributed by atoms with E-state index in [0.717, 1.165) is 5.56 Å². The average molecular weight is 375 g/mol. The summed E-state index contributed by atoms with van der Waals surface area (Å²) in [5.74, 6) is 1.84. The van der Waals surface area contributed by atoms with Crippen molar-refractivity contribution in [3.63, 3.8) is 0 Å². The molecule has 1 heterocycles. The molecular weight excluding hydrogens is 354 g/mol. The maximum Gasteiger partial charge on any atom is 0.259 e. The van der Waals surface area contributed by atoms with Gasteiger partial charge in [0, 0.05) is 0 Å². The Morgan fingerprint density at radius 1 is 1.25 bits per heavy atom. The summed E-state index contributed by atoms with van der Waals surface area (Å²) in [6, 6.07) is 14.5. The lowest BCUT2D eigenvalue weighted by Crippen LogP contribution is -2.11. The molecule has 0 fully saturated rings. The number of aromatic nitrogens is 2. The van der Waals surface area contributed by atoms with Gasteiger partial charge < -0.3 is 14.5 Å². The van der Waals surface area contributed by atoms with Gasteiger partial charge in [-0.25, -0.2) is 4.98 Å². The summed E-state index contributed by atoms with van der Waals surface area (Å²) < 4.78 is 11.2. The molecule has 0 unspecified atom stereocenters. The van der Waals surface area contributed by atoms with E-state index in [0.29, 0.717) is 34.9 Å². The van der Waals surface area contributed by atoms with Gasteiger partial charge in [0.15, 0.2) is 17.3 Å². The second-order valence-electron chi connectivity index (χ2n) is 6.72. The number of H-pyrrole nitrogens is 1. The number of hydrogen-bond donors (Lipinski definition) is 1. The first-order valence-corrected chi connectivity index (χ1v) is 8.94. The van der Waals surface area contributed by atoms with Crippen LogP contribution in [0.4, 0.5) is 0 Å². The molecule has 3 rings (SSSR count). The molecule has 0 aliphatic heterocycles. The highest BCUT2D eigenvalue weighted by Crippen LogP contribution is 2.30. The first-order valence-electron chi connectivity index (χ1n) is 8.94. The van der Waals surface area contributed by atoms with E-state index in [4.69, 9.17) is 9.47 Å². The average Bonchev–Trinajstić information content (AvgIpc) is 2.70. The van der Waals surface area contributed by atoms with Crippen LogP contribution in [0.1, 0.15) is 25.2 Å². The van der Waals surface area contributed by atoms with Crippen LogP contribution in [0.2, 0.25) is 0 Å². The molecule has 0 bridgehead atoms. The van der Waals surface area contributed by atoms with Crippen molar-refractivity contribution in [2.24, 2.45) is 5.92 Å². The fourth-order valence-corrected chi connectivity index (χ4v) is 2.68. The SMILES string of the molecule is COc1cc(/C=C(\C#N)c2nc3ccccc3c(=O)[nH]2)ccc1OCC(C)C. The molecule has 0 saturated carbocycles. The normalized spacial score (nSPS) is 11.5. The maximum atomic E-state index is 12.3. The minimum absolute atomic E-state index is 0.227. The molecule has 1 N–H and O–H groups in total. The van der Waals surface area contributed by atoms with Gasteiger partial charge in [-0.3, -0.25) is 4.79 Å². The largest absolute Gasteiger partial charge is 0.493 e. The van der Waals surface area contributed by atoms with Crippen LogP contribution in [0.15, 0.2) is 47.3 Å². The number of ether oxygens (including phenoxy) is 2. The molecule has 0 spiro atoms. The van der Waals surface area contributed by atoms with E-state index < -0.39 is 0 Å². The van der Waals surface area contributed by atoms with E-state index in [1.54, 1.807) is 49.6 Å². The molecule has 28 heavy (non-hydrogen) atoms. The fourth-order valence-electron chi connectivity index (χ4n) is 2.68. The lowest BCUT2D eigenvalue weighted by molar-refractivity contribution is 0.257. The number of aromatic amines is 1. The summed E-state index contributed by atoms with van der Waals surface area (Å²) in [6.45, 7) is 4.72. The monoisotopic (exact) mass is 375 g/mol. The highest BCUT2D eigenvalue weighted by atomic mass is 16.5. The van der Waals surface area contributed by atoms with E-state index in [9.17, 15) is 10.1 Å². The molecule has 6 heteroatoms. The molecular formula is C22H21N3O3. The highest BCUT2D eigenvalue weighted by Gasteiger charge is 2.10. The number of nitriles is 1. The number of rotatable bonds is 6. The summed E-state index contributed by atoms with van der Waals surface area (Å²) in [6.07, 6.45) is 1.65. The van der Waals surface area contributed by atoms with Crippen LogP contribution < -0.4 is 15.0 Å². The Balaban J connectivity index is 1.99. The Kier molecular flexibility index (Phi) is 5.75. The van der Waals surface area contributed by atoms with E-state index in [2.05, 4.69) is 29.9 Å². The number of benzene rings is 2. The van der Waals surface area contributed by atoms with E-state index in [1.807, 2.05) is 6.07 Å². The first-order chi connectivity index (χ1) is 13.5. The maximum absolute atomic E-state index is 12.3. The van der Waals surface area contributed by atoms with Crippen LogP contribution in [0.5, 0.6) is 11.5 Å². The number of methoxy groups -OCH3 is 1. The van der Waals surface area contributed by atoms with Gasteiger partial charge in [-0.05, 0) is 41.8 Å². The molecule has 0 radical (unpaired) electrons.